The van der Waals surface area contributed by atoms with E-state index in [1.165, 1.54) is 37.3 Å². The molecule has 0 spiro atoms. The molecule has 0 radical (unpaired) electrons. The summed E-state index contributed by atoms with van der Waals surface area (Å²) in [6.45, 7) is 3.13. The summed E-state index contributed by atoms with van der Waals surface area (Å²) in [6, 6.07) is 11.9. The lowest BCUT2D eigenvalue weighted by molar-refractivity contribution is -0.131. The van der Waals surface area contributed by atoms with E-state index in [1.807, 2.05) is 0 Å². The van der Waals surface area contributed by atoms with Gasteiger partial charge in [0.2, 0.25) is 0 Å². The Morgan fingerprint density at radius 2 is 1.46 bits per heavy atom. The van der Waals surface area contributed by atoms with Crippen molar-refractivity contribution in [3.8, 4) is 5.75 Å². The molecule has 1 aliphatic heterocycles. The highest BCUT2D eigenvalue weighted by Crippen LogP contribution is 2.17. The van der Waals surface area contributed by atoms with Crippen LogP contribution >= 0.6 is 0 Å². The Morgan fingerprint density at radius 1 is 0.857 bits per heavy atom. The Balaban J connectivity index is 1.66. The van der Waals surface area contributed by atoms with Gasteiger partial charge in [0, 0.05) is 44.2 Å². The van der Waals surface area contributed by atoms with Crippen LogP contribution in [0.3, 0.4) is 0 Å². The molecule has 3 rings (SSSR count). The predicted octanol–water partition coefficient (Wildman–Crippen LogP) is 2.74. The maximum Gasteiger partial charge on any atom is 0.308 e. The summed E-state index contributed by atoms with van der Waals surface area (Å²) >= 11 is 0. The summed E-state index contributed by atoms with van der Waals surface area (Å²) in [7, 11) is 0. The molecule has 1 saturated heterocycles. The molecule has 0 aliphatic carbocycles. The Morgan fingerprint density at radius 3 is 2.07 bits per heavy atom. The molecule has 1 aliphatic rings. The first-order valence-electron chi connectivity index (χ1n) is 9.06. The Labute approximate surface area is 162 Å². The van der Waals surface area contributed by atoms with Gasteiger partial charge in [0.05, 0.1) is 0 Å². The summed E-state index contributed by atoms with van der Waals surface area (Å²) in [4.78, 5) is 39.9. The lowest BCUT2D eigenvalue weighted by Gasteiger charge is -2.22. The van der Waals surface area contributed by atoms with Gasteiger partial charge in [0.15, 0.2) is 0 Å². The zero-order valence-corrected chi connectivity index (χ0v) is 15.6. The molecular formula is C21H21FN2O4. The molecule has 28 heavy (non-hydrogen) atoms. The molecule has 0 aromatic heterocycles. The lowest BCUT2D eigenvalue weighted by atomic mass is 10.2. The van der Waals surface area contributed by atoms with Crippen molar-refractivity contribution in [3.63, 3.8) is 0 Å². The van der Waals surface area contributed by atoms with Gasteiger partial charge in [-0.2, -0.15) is 0 Å². The molecule has 0 bridgehead atoms. The molecule has 2 amide bonds. The van der Waals surface area contributed by atoms with Gasteiger partial charge in [-0.05, 0) is 48.9 Å². The summed E-state index contributed by atoms with van der Waals surface area (Å²) in [6.07, 6.45) is 0.641. The molecule has 0 N–H and O–H groups in total. The average molecular weight is 384 g/mol. The molecule has 146 valence electrons. The van der Waals surface area contributed by atoms with Crippen LogP contribution in [0.25, 0.3) is 0 Å². The maximum absolute atomic E-state index is 13.1. The van der Waals surface area contributed by atoms with Gasteiger partial charge in [0.1, 0.15) is 11.6 Å². The van der Waals surface area contributed by atoms with E-state index in [0.717, 1.165) is 0 Å². The van der Waals surface area contributed by atoms with Crippen LogP contribution in [0.4, 0.5) is 4.39 Å². The molecule has 1 heterocycles. The van der Waals surface area contributed by atoms with Crippen LogP contribution in [0.15, 0.2) is 48.5 Å². The number of hydrogen-bond acceptors (Lipinski definition) is 4. The van der Waals surface area contributed by atoms with Gasteiger partial charge in [-0.25, -0.2) is 4.39 Å². The predicted molar refractivity (Wildman–Crippen MR) is 101 cm³/mol. The Hall–Kier alpha value is -3.22. The van der Waals surface area contributed by atoms with E-state index in [9.17, 15) is 18.8 Å². The molecule has 0 saturated carbocycles. The number of benzene rings is 2. The lowest BCUT2D eigenvalue weighted by Crippen LogP contribution is -2.37. The number of nitrogens with zero attached hydrogens (tertiary/aromatic N) is 2. The quantitative estimate of drug-likeness (QED) is 0.603. The second kappa shape index (κ2) is 8.65. The van der Waals surface area contributed by atoms with Crippen molar-refractivity contribution < 1.29 is 23.5 Å². The van der Waals surface area contributed by atoms with Gasteiger partial charge in [-0.3, -0.25) is 14.4 Å². The summed E-state index contributed by atoms with van der Waals surface area (Å²) in [5, 5.41) is 0. The van der Waals surface area contributed by atoms with Crippen molar-refractivity contribution in [2.75, 3.05) is 26.2 Å². The van der Waals surface area contributed by atoms with Crippen molar-refractivity contribution in [2.45, 2.75) is 13.3 Å². The smallest absolute Gasteiger partial charge is 0.308 e. The highest BCUT2D eigenvalue weighted by Gasteiger charge is 2.24. The molecule has 0 atom stereocenters. The fourth-order valence-electron chi connectivity index (χ4n) is 3.14. The van der Waals surface area contributed by atoms with Crippen molar-refractivity contribution in [1.29, 1.82) is 0 Å². The van der Waals surface area contributed by atoms with Gasteiger partial charge in [0.25, 0.3) is 11.8 Å². The first-order chi connectivity index (χ1) is 13.4. The average Bonchev–Trinajstić information content (AvgIpc) is 2.93. The third kappa shape index (κ3) is 4.73. The fraction of sp³-hybridized carbons (Fsp3) is 0.286. The summed E-state index contributed by atoms with van der Waals surface area (Å²) in [5.41, 5.74) is 0.854. The molecule has 2 aromatic carbocycles. The number of ether oxygens (including phenoxy) is 1. The van der Waals surface area contributed by atoms with Gasteiger partial charge in [-0.15, -0.1) is 0 Å². The molecule has 2 aromatic rings. The van der Waals surface area contributed by atoms with Crippen LogP contribution in [-0.4, -0.2) is 53.8 Å². The molecule has 0 unspecified atom stereocenters. The molecular weight excluding hydrogens is 363 g/mol. The van der Waals surface area contributed by atoms with Crippen LogP contribution in [0.2, 0.25) is 0 Å². The Kier molecular flexibility index (Phi) is 6.03. The van der Waals surface area contributed by atoms with Crippen LogP contribution in [0.1, 0.15) is 34.1 Å². The largest absolute Gasteiger partial charge is 0.427 e. The van der Waals surface area contributed by atoms with Crippen LogP contribution in [0, 0.1) is 5.82 Å². The standard InChI is InChI=1S/C21H21FN2O4/c1-15(25)28-19-5-2-4-17(14-19)21(27)24-11-3-10-23(12-13-24)20(26)16-6-8-18(22)9-7-16/h2,4-9,14H,3,10-13H2,1H3. The molecule has 6 nitrogen and oxygen atoms in total. The highest BCUT2D eigenvalue weighted by molar-refractivity contribution is 5.95. The fourth-order valence-corrected chi connectivity index (χ4v) is 3.14. The second-order valence-corrected chi connectivity index (χ2v) is 6.57. The van der Waals surface area contributed by atoms with Crippen molar-refractivity contribution >= 4 is 17.8 Å². The number of rotatable bonds is 3. The second-order valence-electron chi connectivity index (χ2n) is 6.57. The van der Waals surface area contributed by atoms with Crippen molar-refractivity contribution in [3.05, 3.63) is 65.5 Å². The van der Waals surface area contributed by atoms with Gasteiger partial charge in [-0.1, -0.05) is 6.07 Å². The van der Waals surface area contributed by atoms with Crippen molar-refractivity contribution in [1.82, 2.24) is 9.80 Å². The summed E-state index contributed by atoms with van der Waals surface area (Å²) in [5.74, 6) is -0.869. The van der Waals surface area contributed by atoms with Crippen molar-refractivity contribution in [2.24, 2.45) is 0 Å². The van der Waals surface area contributed by atoms with Crippen LogP contribution < -0.4 is 4.74 Å². The van der Waals surface area contributed by atoms with E-state index in [2.05, 4.69) is 0 Å². The van der Waals surface area contributed by atoms with Crippen LogP contribution in [0.5, 0.6) is 5.75 Å². The number of hydrogen-bond donors (Lipinski definition) is 0. The van der Waals surface area contributed by atoms with Gasteiger partial charge >= 0.3 is 5.97 Å². The summed E-state index contributed by atoms with van der Waals surface area (Å²) < 4.78 is 18.1. The van der Waals surface area contributed by atoms with E-state index in [4.69, 9.17) is 4.74 Å². The number of carbonyl (C=O) groups excluding carboxylic acids is 3. The first-order valence-corrected chi connectivity index (χ1v) is 9.06. The topological polar surface area (TPSA) is 66.9 Å². The molecule has 1 fully saturated rings. The SMILES string of the molecule is CC(=O)Oc1cccc(C(=O)N2CCCN(C(=O)c3ccc(F)cc3)CC2)c1. The maximum atomic E-state index is 13.1. The highest BCUT2D eigenvalue weighted by atomic mass is 19.1. The number of amides is 2. The minimum Gasteiger partial charge on any atom is -0.427 e. The third-order valence-electron chi connectivity index (χ3n) is 4.50. The minimum absolute atomic E-state index is 0.175. The number of carbonyl (C=O) groups is 3. The first kappa shape index (κ1) is 19.5. The monoisotopic (exact) mass is 384 g/mol. The van der Waals surface area contributed by atoms with E-state index in [-0.39, 0.29) is 17.6 Å². The third-order valence-corrected chi connectivity index (χ3v) is 4.50. The van der Waals surface area contributed by atoms with E-state index < -0.39 is 5.97 Å². The number of halogens is 1. The Bertz CT molecular complexity index is 882. The van der Waals surface area contributed by atoms with E-state index >= 15 is 0 Å². The zero-order valence-electron chi connectivity index (χ0n) is 15.6. The molecule has 7 heteroatoms. The van der Waals surface area contributed by atoms with E-state index in [1.54, 1.807) is 28.0 Å². The normalized spacial score (nSPS) is 14.4. The number of esters is 1. The van der Waals surface area contributed by atoms with Gasteiger partial charge < -0.3 is 14.5 Å². The zero-order chi connectivity index (χ0) is 20.1. The van der Waals surface area contributed by atoms with Crippen LogP contribution in [-0.2, 0) is 4.79 Å². The minimum atomic E-state index is -0.450. The van der Waals surface area contributed by atoms with E-state index in [0.29, 0.717) is 49.5 Å².